The Bertz CT molecular complexity index is 851. The number of nitrogens with zero attached hydrogens (tertiary/aromatic N) is 2. The number of hydrogen-bond acceptors (Lipinski definition) is 6. The topological polar surface area (TPSA) is 71.1 Å². The van der Waals surface area contributed by atoms with E-state index in [4.69, 9.17) is 9.47 Å². The van der Waals surface area contributed by atoms with Crippen LogP contribution in [0.3, 0.4) is 0 Å². The van der Waals surface area contributed by atoms with Crippen LogP contribution in [0.25, 0.3) is 0 Å². The maximum Gasteiger partial charge on any atom is 0.328 e. The molecule has 0 spiro atoms. The Morgan fingerprint density at radius 1 is 1.00 bits per heavy atom. The summed E-state index contributed by atoms with van der Waals surface area (Å²) < 4.78 is 10.6. The molecule has 2 aromatic rings. The summed E-state index contributed by atoms with van der Waals surface area (Å²) in [5.41, 5.74) is 2.06. The number of carbonyl (C=O) groups is 2. The van der Waals surface area contributed by atoms with Crippen molar-refractivity contribution in [2.24, 2.45) is 0 Å². The quantitative estimate of drug-likeness (QED) is 0.621. The number of piperazine rings is 1. The molecule has 1 saturated heterocycles. The molecule has 0 saturated carbocycles. The number of methoxy groups -OCH3 is 1. The van der Waals surface area contributed by atoms with Crippen LogP contribution in [-0.4, -0.2) is 69.3 Å². The summed E-state index contributed by atoms with van der Waals surface area (Å²) in [7, 11) is 1.34. The van der Waals surface area contributed by atoms with Crippen molar-refractivity contribution < 1.29 is 19.1 Å². The van der Waals surface area contributed by atoms with Gasteiger partial charge in [0.25, 0.3) is 0 Å². The second-order valence-corrected chi connectivity index (χ2v) is 7.50. The fourth-order valence-corrected chi connectivity index (χ4v) is 3.77. The van der Waals surface area contributed by atoms with Gasteiger partial charge in [0, 0.05) is 32.6 Å². The smallest absolute Gasteiger partial charge is 0.328 e. The number of nitrogens with one attached hydrogen (secondary N) is 1. The molecule has 1 amide bonds. The molecule has 1 heterocycles. The maximum atomic E-state index is 12.6. The highest BCUT2D eigenvalue weighted by Crippen LogP contribution is 2.28. The lowest BCUT2D eigenvalue weighted by Crippen LogP contribution is -2.52. The number of carbonyl (C=O) groups excluding carboxylic acids is 2. The number of ether oxygens (including phenoxy) is 2. The molecule has 0 unspecified atom stereocenters. The molecular formula is C24H31N3O4. The van der Waals surface area contributed by atoms with Crippen LogP contribution in [0.1, 0.15) is 12.5 Å². The number of amides is 1. The minimum Gasteiger partial charge on any atom is -0.492 e. The largest absolute Gasteiger partial charge is 0.492 e. The second kappa shape index (κ2) is 11.4. The summed E-state index contributed by atoms with van der Waals surface area (Å²) in [6.07, 6.45) is 0.404. The van der Waals surface area contributed by atoms with Crippen molar-refractivity contribution in [2.75, 3.05) is 51.3 Å². The van der Waals surface area contributed by atoms with Crippen LogP contribution in [0.2, 0.25) is 0 Å². The van der Waals surface area contributed by atoms with E-state index in [-0.39, 0.29) is 12.5 Å². The summed E-state index contributed by atoms with van der Waals surface area (Å²) in [5, 5.41) is 2.84. The van der Waals surface area contributed by atoms with Crippen LogP contribution >= 0.6 is 0 Å². The molecule has 3 rings (SSSR count). The van der Waals surface area contributed by atoms with E-state index in [1.54, 1.807) is 0 Å². The highest BCUT2D eigenvalue weighted by atomic mass is 16.5. The third kappa shape index (κ3) is 6.46. The maximum absolute atomic E-state index is 12.6. The number of esters is 1. The van der Waals surface area contributed by atoms with E-state index in [2.05, 4.69) is 21.2 Å². The first kappa shape index (κ1) is 22.6. The predicted octanol–water partition coefficient (Wildman–Crippen LogP) is 2.11. The first-order valence-electron chi connectivity index (χ1n) is 10.7. The average molecular weight is 426 g/mol. The Morgan fingerprint density at radius 2 is 1.68 bits per heavy atom. The van der Waals surface area contributed by atoms with Crippen molar-refractivity contribution in [1.82, 2.24) is 10.2 Å². The first-order chi connectivity index (χ1) is 15.1. The second-order valence-electron chi connectivity index (χ2n) is 7.50. The van der Waals surface area contributed by atoms with E-state index in [1.165, 1.54) is 7.11 Å². The fraction of sp³-hybridized carbons (Fsp3) is 0.417. The van der Waals surface area contributed by atoms with Gasteiger partial charge >= 0.3 is 5.97 Å². The van der Waals surface area contributed by atoms with Gasteiger partial charge in [0.15, 0.2) is 0 Å². The number of benzene rings is 2. The van der Waals surface area contributed by atoms with Crippen LogP contribution in [0, 0.1) is 0 Å². The van der Waals surface area contributed by atoms with E-state index in [0.717, 1.165) is 43.2 Å². The van der Waals surface area contributed by atoms with Gasteiger partial charge in [-0.05, 0) is 24.6 Å². The Labute approximate surface area is 183 Å². The standard InChI is InChI=1S/C24H31N3O4/c1-3-31-22-12-8-7-11-21(22)27-15-13-26(14-16-27)18-23(28)25-20(24(29)30-2)17-19-9-5-4-6-10-19/h4-12,20H,3,13-18H2,1-2H3,(H,25,28)/t20-/m1/s1. The monoisotopic (exact) mass is 425 g/mol. The fourth-order valence-electron chi connectivity index (χ4n) is 3.77. The molecule has 1 atom stereocenters. The molecule has 1 aliphatic heterocycles. The van der Waals surface area contributed by atoms with Crippen molar-refractivity contribution in [1.29, 1.82) is 0 Å². The lowest BCUT2D eigenvalue weighted by Gasteiger charge is -2.36. The molecule has 7 nitrogen and oxygen atoms in total. The van der Waals surface area contributed by atoms with Crippen molar-refractivity contribution in [3.8, 4) is 5.75 Å². The van der Waals surface area contributed by atoms with Gasteiger partial charge in [0.1, 0.15) is 11.8 Å². The third-order valence-electron chi connectivity index (χ3n) is 5.35. The van der Waals surface area contributed by atoms with Crippen molar-refractivity contribution in [3.05, 3.63) is 60.2 Å². The van der Waals surface area contributed by atoms with Crippen LogP contribution in [0.4, 0.5) is 5.69 Å². The summed E-state index contributed by atoms with van der Waals surface area (Å²) in [6.45, 7) is 5.99. The minimum absolute atomic E-state index is 0.172. The summed E-state index contributed by atoms with van der Waals surface area (Å²) >= 11 is 0. The van der Waals surface area contributed by atoms with Gasteiger partial charge in [-0.25, -0.2) is 4.79 Å². The van der Waals surface area contributed by atoms with Crippen LogP contribution < -0.4 is 15.0 Å². The zero-order valence-corrected chi connectivity index (χ0v) is 18.3. The molecule has 0 bridgehead atoms. The zero-order chi connectivity index (χ0) is 22.1. The minimum atomic E-state index is -0.695. The van der Waals surface area contributed by atoms with E-state index in [1.807, 2.05) is 55.5 Å². The predicted molar refractivity (Wildman–Crippen MR) is 120 cm³/mol. The van der Waals surface area contributed by atoms with Gasteiger partial charge in [-0.1, -0.05) is 42.5 Å². The molecule has 2 aromatic carbocycles. The normalized spacial score (nSPS) is 15.2. The molecule has 0 radical (unpaired) electrons. The molecule has 31 heavy (non-hydrogen) atoms. The van der Waals surface area contributed by atoms with Crippen LogP contribution in [0.15, 0.2) is 54.6 Å². The van der Waals surface area contributed by atoms with Gasteiger partial charge in [-0.15, -0.1) is 0 Å². The third-order valence-corrected chi connectivity index (χ3v) is 5.35. The van der Waals surface area contributed by atoms with Crippen molar-refractivity contribution >= 4 is 17.6 Å². The Hall–Kier alpha value is -3.06. The van der Waals surface area contributed by atoms with Gasteiger partial charge < -0.3 is 19.7 Å². The molecular weight excluding hydrogens is 394 g/mol. The molecule has 0 aliphatic carbocycles. The summed E-state index contributed by atoms with van der Waals surface area (Å²) in [5.74, 6) is 0.280. The van der Waals surface area contributed by atoms with Crippen molar-refractivity contribution in [3.63, 3.8) is 0 Å². The number of para-hydroxylation sites is 2. The van der Waals surface area contributed by atoms with Gasteiger partial charge in [0.2, 0.25) is 5.91 Å². The lowest BCUT2D eigenvalue weighted by molar-refractivity contribution is -0.145. The number of rotatable bonds is 9. The lowest BCUT2D eigenvalue weighted by atomic mass is 10.1. The summed E-state index contributed by atoms with van der Waals surface area (Å²) in [4.78, 5) is 29.2. The Balaban J connectivity index is 1.52. The number of hydrogen-bond donors (Lipinski definition) is 1. The van der Waals surface area contributed by atoms with Gasteiger partial charge in [-0.2, -0.15) is 0 Å². The van der Waals surface area contributed by atoms with Crippen molar-refractivity contribution in [2.45, 2.75) is 19.4 Å². The Kier molecular flexibility index (Phi) is 8.29. The van der Waals surface area contributed by atoms with E-state index in [0.29, 0.717) is 13.0 Å². The molecule has 1 fully saturated rings. The highest BCUT2D eigenvalue weighted by molar-refractivity contribution is 5.85. The summed E-state index contributed by atoms with van der Waals surface area (Å²) in [6, 6.07) is 16.9. The molecule has 7 heteroatoms. The van der Waals surface area contributed by atoms with Crippen LogP contribution in [-0.2, 0) is 20.7 Å². The van der Waals surface area contributed by atoms with Gasteiger partial charge in [0.05, 0.1) is 25.9 Å². The SMILES string of the molecule is CCOc1ccccc1N1CCN(CC(=O)N[C@H](Cc2ccccc2)C(=O)OC)CC1. The van der Waals surface area contributed by atoms with E-state index in [9.17, 15) is 9.59 Å². The van der Waals surface area contributed by atoms with E-state index < -0.39 is 12.0 Å². The number of anilines is 1. The van der Waals surface area contributed by atoms with Crippen LogP contribution in [0.5, 0.6) is 5.75 Å². The van der Waals surface area contributed by atoms with E-state index >= 15 is 0 Å². The highest BCUT2D eigenvalue weighted by Gasteiger charge is 2.25. The molecule has 1 aliphatic rings. The average Bonchev–Trinajstić information content (AvgIpc) is 2.80. The van der Waals surface area contributed by atoms with Gasteiger partial charge in [-0.3, -0.25) is 9.69 Å². The molecule has 166 valence electrons. The molecule has 1 N–H and O–H groups in total. The first-order valence-corrected chi connectivity index (χ1v) is 10.7. The molecule has 0 aromatic heterocycles. The Morgan fingerprint density at radius 3 is 2.35 bits per heavy atom. The zero-order valence-electron chi connectivity index (χ0n) is 18.3.